The van der Waals surface area contributed by atoms with Crippen LogP contribution in [0.4, 0.5) is 0 Å². The van der Waals surface area contributed by atoms with Crippen LogP contribution in [0.5, 0.6) is 0 Å². The highest BCUT2D eigenvalue weighted by Crippen LogP contribution is 2.29. The summed E-state index contributed by atoms with van der Waals surface area (Å²) in [5, 5.41) is 5.75. The monoisotopic (exact) mass is 341 g/mol. The van der Waals surface area contributed by atoms with Gasteiger partial charge in [-0.3, -0.25) is 9.59 Å². The fourth-order valence-electron chi connectivity index (χ4n) is 4.16. The molecule has 1 aromatic heterocycles. The minimum absolute atomic E-state index is 0.0801. The largest absolute Gasteiger partial charge is 0.374 e. The lowest BCUT2D eigenvalue weighted by molar-refractivity contribution is -0.148. The molecule has 0 N–H and O–H groups in total. The predicted molar refractivity (Wildman–Crippen MR) is 94.4 cm³/mol. The maximum absolute atomic E-state index is 13.0. The summed E-state index contributed by atoms with van der Waals surface area (Å²) in [6.07, 6.45) is 4.77. The molecule has 1 aliphatic carbocycles. The molecular formula is C19H23N3O3. The second-order valence-corrected chi connectivity index (χ2v) is 6.95. The van der Waals surface area contributed by atoms with E-state index in [1.807, 2.05) is 23.1 Å². The Balaban J connectivity index is 1.64. The number of carbonyl (C=O) groups is 1. The van der Waals surface area contributed by atoms with Crippen LogP contribution >= 0.6 is 0 Å². The Labute approximate surface area is 146 Å². The summed E-state index contributed by atoms with van der Waals surface area (Å²) in [7, 11) is 1.63. The van der Waals surface area contributed by atoms with Gasteiger partial charge in [0.1, 0.15) is 0 Å². The first-order valence-electron chi connectivity index (χ1n) is 9.01. The van der Waals surface area contributed by atoms with Crippen molar-refractivity contribution in [1.82, 2.24) is 14.7 Å². The Bertz CT molecular complexity index is 859. The van der Waals surface area contributed by atoms with Gasteiger partial charge in [-0.15, -0.1) is 0 Å². The van der Waals surface area contributed by atoms with Crippen molar-refractivity contribution in [2.75, 3.05) is 13.2 Å². The molecular weight excluding hydrogens is 318 g/mol. The Kier molecular flexibility index (Phi) is 4.29. The van der Waals surface area contributed by atoms with Crippen LogP contribution in [-0.2, 0) is 23.0 Å². The van der Waals surface area contributed by atoms with Crippen molar-refractivity contribution in [3.05, 3.63) is 40.3 Å². The number of fused-ring (bicyclic) bond motifs is 2. The number of hydrogen-bond donors (Lipinski definition) is 0. The van der Waals surface area contributed by atoms with E-state index in [0.717, 1.165) is 24.6 Å². The number of nitrogens with zero attached hydrogens (tertiary/aromatic N) is 3. The normalized spacial score (nSPS) is 23.5. The van der Waals surface area contributed by atoms with Crippen LogP contribution in [0.2, 0.25) is 0 Å². The van der Waals surface area contributed by atoms with Gasteiger partial charge in [-0.2, -0.15) is 5.10 Å². The molecule has 0 radical (unpaired) electrons. The molecule has 1 amide bonds. The molecule has 4 rings (SSSR count). The van der Waals surface area contributed by atoms with Gasteiger partial charge in [0.05, 0.1) is 36.3 Å². The zero-order valence-electron chi connectivity index (χ0n) is 14.5. The topological polar surface area (TPSA) is 64.4 Å². The second-order valence-electron chi connectivity index (χ2n) is 6.95. The lowest BCUT2D eigenvalue weighted by atomic mass is 9.90. The van der Waals surface area contributed by atoms with Gasteiger partial charge in [0.2, 0.25) is 5.91 Å². The molecule has 1 saturated carbocycles. The SMILES string of the molecule is Cn1nc(CC(=O)N2CCO[C@@H]3CCCC[C@H]32)c2ccccc2c1=O. The van der Waals surface area contributed by atoms with Crippen molar-refractivity contribution in [2.24, 2.45) is 7.05 Å². The van der Waals surface area contributed by atoms with Crippen LogP contribution < -0.4 is 5.56 Å². The van der Waals surface area contributed by atoms with Crippen LogP contribution in [-0.4, -0.2) is 45.9 Å². The van der Waals surface area contributed by atoms with E-state index in [0.29, 0.717) is 24.2 Å². The summed E-state index contributed by atoms with van der Waals surface area (Å²) in [4.78, 5) is 27.2. The van der Waals surface area contributed by atoms with Crippen molar-refractivity contribution in [2.45, 2.75) is 44.2 Å². The van der Waals surface area contributed by atoms with E-state index in [1.165, 1.54) is 11.1 Å². The lowest BCUT2D eigenvalue weighted by Crippen LogP contribution is -2.55. The number of carbonyl (C=O) groups excluding carboxylic acids is 1. The highest BCUT2D eigenvalue weighted by Gasteiger charge is 2.36. The van der Waals surface area contributed by atoms with E-state index in [2.05, 4.69) is 5.10 Å². The first-order chi connectivity index (χ1) is 12.1. The molecule has 132 valence electrons. The number of benzene rings is 1. The van der Waals surface area contributed by atoms with Crippen molar-refractivity contribution in [3.8, 4) is 0 Å². The molecule has 25 heavy (non-hydrogen) atoms. The van der Waals surface area contributed by atoms with Crippen molar-refractivity contribution in [1.29, 1.82) is 0 Å². The molecule has 0 bridgehead atoms. The van der Waals surface area contributed by atoms with Gasteiger partial charge in [-0.05, 0) is 18.9 Å². The average molecular weight is 341 g/mol. The summed E-state index contributed by atoms with van der Waals surface area (Å²) >= 11 is 0. The second kappa shape index (κ2) is 6.59. The zero-order chi connectivity index (χ0) is 17.4. The van der Waals surface area contributed by atoms with Gasteiger partial charge in [-0.25, -0.2) is 4.68 Å². The van der Waals surface area contributed by atoms with E-state index in [-0.39, 0.29) is 30.0 Å². The fourth-order valence-corrected chi connectivity index (χ4v) is 4.16. The predicted octanol–water partition coefficient (Wildman–Crippen LogP) is 1.65. The molecule has 2 aliphatic rings. The minimum atomic E-state index is -0.134. The Morgan fingerprint density at radius 2 is 2.00 bits per heavy atom. The standard InChI is InChI=1S/C19H23N3O3/c1-21-19(24)14-7-3-2-6-13(14)15(20-21)12-18(23)22-10-11-25-17-9-5-4-8-16(17)22/h2-3,6-7,16-17H,4-5,8-12H2,1H3/t16-,17-/m1/s1. The highest BCUT2D eigenvalue weighted by atomic mass is 16.5. The molecule has 1 aliphatic heterocycles. The molecule has 2 heterocycles. The summed E-state index contributed by atoms with van der Waals surface area (Å²) < 4.78 is 7.19. The molecule has 0 spiro atoms. The van der Waals surface area contributed by atoms with Crippen LogP contribution in [0.15, 0.2) is 29.1 Å². The van der Waals surface area contributed by atoms with E-state index in [1.54, 1.807) is 13.1 Å². The maximum Gasteiger partial charge on any atom is 0.274 e. The maximum atomic E-state index is 13.0. The molecule has 2 atom stereocenters. The summed E-state index contributed by atoms with van der Waals surface area (Å²) in [5.74, 6) is 0.0801. The molecule has 0 unspecified atom stereocenters. The third-order valence-electron chi connectivity index (χ3n) is 5.40. The minimum Gasteiger partial charge on any atom is -0.374 e. The van der Waals surface area contributed by atoms with Crippen LogP contribution in [0, 0.1) is 0 Å². The Morgan fingerprint density at radius 1 is 1.24 bits per heavy atom. The smallest absolute Gasteiger partial charge is 0.274 e. The van der Waals surface area contributed by atoms with E-state index >= 15 is 0 Å². The third kappa shape index (κ3) is 2.95. The number of hydrogen-bond acceptors (Lipinski definition) is 4. The lowest BCUT2D eigenvalue weighted by Gasteiger charge is -2.43. The van der Waals surface area contributed by atoms with Crippen molar-refractivity contribution in [3.63, 3.8) is 0 Å². The molecule has 6 heteroatoms. The average Bonchev–Trinajstić information content (AvgIpc) is 2.65. The number of aromatic nitrogens is 2. The Hall–Kier alpha value is -2.21. The number of amides is 1. The molecule has 2 fully saturated rings. The molecule has 1 saturated heterocycles. The van der Waals surface area contributed by atoms with Gasteiger partial charge < -0.3 is 9.64 Å². The molecule has 1 aromatic carbocycles. The molecule has 6 nitrogen and oxygen atoms in total. The van der Waals surface area contributed by atoms with Crippen LogP contribution in [0.3, 0.4) is 0 Å². The summed E-state index contributed by atoms with van der Waals surface area (Å²) in [5.41, 5.74) is 0.534. The van der Waals surface area contributed by atoms with E-state index in [4.69, 9.17) is 4.74 Å². The van der Waals surface area contributed by atoms with Gasteiger partial charge in [0.15, 0.2) is 0 Å². The van der Waals surface area contributed by atoms with E-state index in [9.17, 15) is 9.59 Å². The van der Waals surface area contributed by atoms with Crippen molar-refractivity contribution >= 4 is 16.7 Å². The van der Waals surface area contributed by atoms with Gasteiger partial charge in [0, 0.05) is 19.0 Å². The Morgan fingerprint density at radius 3 is 2.84 bits per heavy atom. The highest BCUT2D eigenvalue weighted by molar-refractivity contribution is 5.88. The summed E-state index contributed by atoms with van der Waals surface area (Å²) in [6, 6.07) is 7.57. The third-order valence-corrected chi connectivity index (χ3v) is 5.40. The van der Waals surface area contributed by atoms with Gasteiger partial charge in [0.25, 0.3) is 5.56 Å². The quantitative estimate of drug-likeness (QED) is 0.833. The van der Waals surface area contributed by atoms with Gasteiger partial charge in [-0.1, -0.05) is 31.0 Å². The van der Waals surface area contributed by atoms with Crippen LogP contribution in [0.25, 0.3) is 10.8 Å². The number of ether oxygens (including phenoxy) is 1. The van der Waals surface area contributed by atoms with E-state index < -0.39 is 0 Å². The number of aryl methyl sites for hydroxylation is 1. The summed E-state index contributed by atoms with van der Waals surface area (Å²) in [6.45, 7) is 1.25. The van der Waals surface area contributed by atoms with Crippen LogP contribution in [0.1, 0.15) is 31.4 Å². The van der Waals surface area contributed by atoms with Crippen molar-refractivity contribution < 1.29 is 9.53 Å². The zero-order valence-corrected chi connectivity index (χ0v) is 14.5. The fraction of sp³-hybridized carbons (Fsp3) is 0.526. The van der Waals surface area contributed by atoms with Gasteiger partial charge >= 0.3 is 0 Å². The molecule has 2 aromatic rings. The first kappa shape index (κ1) is 16.3. The first-order valence-corrected chi connectivity index (χ1v) is 9.01. The number of morpholine rings is 1. The number of rotatable bonds is 2.